The molecular weight excluding hydrogens is 398 g/mol. The highest BCUT2D eigenvalue weighted by atomic mass is 79.9. The molecule has 0 amide bonds. The van der Waals surface area contributed by atoms with Crippen LogP contribution in [-0.2, 0) is 16.1 Å². The number of ether oxygens (including phenoxy) is 2. The van der Waals surface area contributed by atoms with Gasteiger partial charge in [0.15, 0.2) is 6.10 Å². The number of hydrogen-bond donors (Lipinski definition) is 1. The van der Waals surface area contributed by atoms with Crippen molar-refractivity contribution in [2.45, 2.75) is 19.1 Å². The van der Waals surface area contributed by atoms with Gasteiger partial charge in [0.1, 0.15) is 23.0 Å². The summed E-state index contributed by atoms with van der Waals surface area (Å²) < 4.78 is 10.4. The van der Waals surface area contributed by atoms with E-state index in [-0.39, 0.29) is 5.97 Å². The van der Waals surface area contributed by atoms with Gasteiger partial charge >= 0.3 is 5.97 Å². The molecule has 0 bridgehead atoms. The van der Waals surface area contributed by atoms with E-state index in [0.717, 1.165) is 5.56 Å². The van der Waals surface area contributed by atoms with E-state index in [9.17, 15) is 4.79 Å². The monoisotopic (exact) mass is 413 g/mol. The van der Waals surface area contributed by atoms with Gasteiger partial charge in [-0.25, -0.2) is 14.8 Å². The molecule has 1 N–H and O–H groups in total. The van der Waals surface area contributed by atoms with Gasteiger partial charge in [0.25, 0.3) is 0 Å². The van der Waals surface area contributed by atoms with Crippen molar-refractivity contribution in [1.82, 2.24) is 9.97 Å². The van der Waals surface area contributed by atoms with Crippen molar-refractivity contribution in [1.29, 1.82) is 0 Å². The molecule has 1 atom stereocenters. The van der Waals surface area contributed by atoms with E-state index in [1.165, 1.54) is 13.4 Å². The molecule has 8 heteroatoms. The molecule has 0 spiro atoms. The molecule has 0 radical (unpaired) electrons. The Bertz CT molecular complexity index is 670. The second-order valence-corrected chi connectivity index (χ2v) is 6.01. The van der Waals surface area contributed by atoms with Crippen LogP contribution in [0.15, 0.2) is 36.7 Å². The van der Waals surface area contributed by atoms with Gasteiger partial charge in [-0.2, -0.15) is 0 Å². The van der Waals surface area contributed by atoms with Crippen molar-refractivity contribution in [3.63, 3.8) is 0 Å². The normalized spacial score (nSPS) is 11.6. The number of nitrogens with one attached hydrogen (secondary N) is 1. The molecular formula is C16H17BrClN3O3. The van der Waals surface area contributed by atoms with Crippen LogP contribution < -0.4 is 10.1 Å². The second kappa shape index (κ2) is 9.44. The number of hydrogen-bond acceptors (Lipinski definition) is 6. The lowest BCUT2D eigenvalue weighted by Crippen LogP contribution is -2.29. The molecule has 128 valence electrons. The quantitative estimate of drug-likeness (QED) is 0.405. The van der Waals surface area contributed by atoms with E-state index in [4.69, 9.17) is 21.1 Å². The first kappa shape index (κ1) is 18.5. The highest BCUT2D eigenvalue weighted by Crippen LogP contribution is 2.17. The molecule has 1 aromatic carbocycles. The van der Waals surface area contributed by atoms with Crippen LogP contribution in [0.25, 0.3) is 0 Å². The van der Waals surface area contributed by atoms with E-state index in [1.54, 1.807) is 6.07 Å². The first-order chi connectivity index (χ1) is 11.6. The number of carbonyl (C=O) groups excluding carboxylic acids is 1. The maximum absolute atomic E-state index is 11.7. The number of halogens is 2. The van der Waals surface area contributed by atoms with Crippen LogP contribution >= 0.6 is 27.5 Å². The van der Waals surface area contributed by atoms with E-state index >= 15 is 0 Å². The summed E-state index contributed by atoms with van der Waals surface area (Å²) in [7, 11) is 1.35. The number of rotatable bonds is 8. The molecule has 2 rings (SSSR count). The first-order valence-corrected chi connectivity index (χ1v) is 8.73. The molecule has 2 aromatic rings. The number of esters is 1. The van der Waals surface area contributed by atoms with Crippen LogP contribution in [0.3, 0.4) is 0 Å². The minimum atomic E-state index is -0.624. The standard InChI is InChI=1S/C16H17BrClN3O3/c1-23-16(22)13(6-7-17)24-12-4-2-11(3-5-12)9-19-15-8-14(18)20-10-21-15/h2-5,8,10,13H,6-7,9H2,1H3,(H,19,20,21). The third kappa shape index (κ3) is 5.65. The van der Waals surface area contributed by atoms with Crippen molar-refractivity contribution in [3.8, 4) is 5.75 Å². The lowest BCUT2D eigenvalue weighted by molar-refractivity contribution is -0.148. The van der Waals surface area contributed by atoms with Gasteiger partial charge in [0.2, 0.25) is 0 Å². The lowest BCUT2D eigenvalue weighted by Gasteiger charge is -2.16. The van der Waals surface area contributed by atoms with Crippen molar-refractivity contribution >= 4 is 39.3 Å². The maximum Gasteiger partial charge on any atom is 0.347 e. The fourth-order valence-electron chi connectivity index (χ4n) is 1.93. The summed E-state index contributed by atoms with van der Waals surface area (Å²) in [5.41, 5.74) is 1.03. The Balaban J connectivity index is 1.93. The minimum Gasteiger partial charge on any atom is -0.479 e. The fourth-order valence-corrected chi connectivity index (χ4v) is 2.49. The zero-order valence-corrected chi connectivity index (χ0v) is 15.4. The number of anilines is 1. The summed E-state index contributed by atoms with van der Waals surface area (Å²) in [6.45, 7) is 0.579. The Morgan fingerprint density at radius 2 is 2.08 bits per heavy atom. The molecule has 1 heterocycles. The Labute approximate surface area is 153 Å². The largest absolute Gasteiger partial charge is 0.479 e. The molecule has 0 aliphatic carbocycles. The second-order valence-electron chi connectivity index (χ2n) is 4.83. The molecule has 24 heavy (non-hydrogen) atoms. The molecule has 6 nitrogen and oxygen atoms in total. The fraction of sp³-hybridized carbons (Fsp3) is 0.312. The van der Waals surface area contributed by atoms with E-state index < -0.39 is 6.10 Å². The lowest BCUT2D eigenvalue weighted by atomic mass is 10.2. The third-order valence-corrected chi connectivity index (χ3v) is 3.81. The van der Waals surface area contributed by atoms with Crippen LogP contribution in [0.4, 0.5) is 5.82 Å². The maximum atomic E-state index is 11.7. The van der Waals surface area contributed by atoms with E-state index in [1.807, 2.05) is 24.3 Å². The highest BCUT2D eigenvalue weighted by Gasteiger charge is 2.20. The Morgan fingerprint density at radius 3 is 2.71 bits per heavy atom. The summed E-state index contributed by atoms with van der Waals surface area (Å²) in [6, 6.07) is 9.10. The summed E-state index contributed by atoms with van der Waals surface area (Å²) in [4.78, 5) is 19.6. The van der Waals surface area contributed by atoms with Crippen LogP contribution in [-0.4, -0.2) is 34.5 Å². The van der Waals surface area contributed by atoms with Crippen LogP contribution in [0.1, 0.15) is 12.0 Å². The molecule has 0 saturated heterocycles. The number of methoxy groups -OCH3 is 1. The average Bonchev–Trinajstić information content (AvgIpc) is 2.60. The van der Waals surface area contributed by atoms with Crippen molar-refractivity contribution in [3.05, 3.63) is 47.4 Å². The zero-order chi connectivity index (χ0) is 17.4. The van der Waals surface area contributed by atoms with Crippen LogP contribution in [0.5, 0.6) is 5.75 Å². The highest BCUT2D eigenvalue weighted by molar-refractivity contribution is 9.09. The SMILES string of the molecule is COC(=O)C(CCBr)Oc1ccc(CNc2cc(Cl)ncn2)cc1. The summed E-state index contributed by atoms with van der Waals surface area (Å²) in [6.07, 6.45) is 1.31. The van der Waals surface area contributed by atoms with Gasteiger partial charge in [-0.05, 0) is 17.7 Å². The summed E-state index contributed by atoms with van der Waals surface area (Å²) in [5, 5.41) is 4.19. The predicted molar refractivity (Wildman–Crippen MR) is 95.7 cm³/mol. The molecule has 0 aliphatic heterocycles. The molecule has 0 saturated carbocycles. The van der Waals surface area contributed by atoms with Crippen molar-refractivity contribution < 1.29 is 14.3 Å². The minimum absolute atomic E-state index is 0.386. The molecule has 0 aliphatic rings. The van der Waals surface area contributed by atoms with Gasteiger partial charge in [-0.3, -0.25) is 0 Å². The zero-order valence-electron chi connectivity index (χ0n) is 13.0. The van der Waals surface area contributed by atoms with Gasteiger partial charge in [0.05, 0.1) is 7.11 Å². The smallest absolute Gasteiger partial charge is 0.347 e. The van der Waals surface area contributed by atoms with Crippen molar-refractivity contribution in [2.24, 2.45) is 0 Å². The number of nitrogens with zero attached hydrogens (tertiary/aromatic N) is 2. The summed E-state index contributed by atoms with van der Waals surface area (Å²) in [5.74, 6) is 0.874. The third-order valence-electron chi connectivity index (χ3n) is 3.14. The topological polar surface area (TPSA) is 73.3 Å². The Kier molecular flexibility index (Phi) is 7.27. The molecule has 1 aromatic heterocycles. The van der Waals surface area contributed by atoms with E-state index in [2.05, 4.69) is 31.2 Å². The Hall–Kier alpha value is -1.86. The number of benzene rings is 1. The molecule has 1 unspecified atom stereocenters. The van der Waals surface area contributed by atoms with E-state index in [0.29, 0.717) is 35.0 Å². The van der Waals surface area contributed by atoms with Gasteiger partial charge in [0, 0.05) is 24.4 Å². The number of alkyl halides is 1. The Morgan fingerprint density at radius 1 is 1.33 bits per heavy atom. The van der Waals surface area contributed by atoms with Gasteiger partial charge < -0.3 is 14.8 Å². The predicted octanol–water partition coefficient (Wildman–Crippen LogP) is 3.45. The number of carbonyl (C=O) groups is 1. The number of aromatic nitrogens is 2. The average molecular weight is 415 g/mol. The molecule has 0 fully saturated rings. The van der Waals surface area contributed by atoms with Crippen LogP contribution in [0, 0.1) is 0 Å². The van der Waals surface area contributed by atoms with Crippen LogP contribution in [0.2, 0.25) is 5.15 Å². The van der Waals surface area contributed by atoms with Gasteiger partial charge in [-0.15, -0.1) is 0 Å². The summed E-state index contributed by atoms with van der Waals surface area (Å²) >= 11 is 9.11. The van der Waals surface area contributed by atoms with Crippen molar-refractivity contribution in [2.75, 3.05) is 17.8 Å². The first-order valence-electron chi connectivity index (χ1n) is 7.23. The van der Waals surface area contributed by atoms with Gasteiger partial charge in [-0.1, -0.05) is 39.7 Å².